The summed E-state index contributed by atoms with van der Waals surface area (Å²) >= 11 is 0. The number of likely N-dealkylation sites (tertiary alicyclic amines) is 1. The van der Waals surface area contributed by atoms with Crippen LogP contribution in [0, 0.1) is 5.92 Å². The van der Waals surface area contributed by atoms with Crippen molar-refractivity contribution in [2.24, 2.45) is 5.92 Å². The predicted molar refractivity (Wildman–Crippen MR) is 56.9 cm³/mol. The normalized spacial score (nSPS) is 32.1. The first-order valence-corrected chi connectivity index (χ1v) is 5.76. The van der Waals surface area contributed by atoms with Gasteiger partial charge >= 0.3 is 0 Å². The predicted octanol–water partition coefficient (Wildman–Crippen LogP) is 2.35. The molecule has 0 spiro atoms. The summed E-state index contributed by atoms with van der Waals surface area (Å²) in [6.45, 7) is 4.53. The third-order valence-electron chi connectivity index (χ3n) is 3.70. The topological polar surface area (TPSA) is 20.3 Å². The fourth-order valence-electron chi connectivity index (χ4n) is 3.02. The Morgan fingerprint density at radius 2 is 1.93 bits per heavy atom. The van der Waals surface area contributed by atoms with Gasteiger partial charge in [0, 0.05) is 12.6 Å². The van der Waals surface area contributed by atoms with Crippen LogP contribution in [-0.2, 0) is 4.79 Å². The van der Waals surface area contributed by atoms with Gasteiger partial charge in [0.15, 0.2) is 0 Å². The highest BCUT2D eigenvalue weighted by molar-refractivity contribution is 5.87. The van der Waals surface area contributed by atoms with E-state index in [2.05, 4.69) is 11.5 Å². The van der Waals surface area contributed by atoms with Gasteiger partial charge in [0.2, 0.25) is 5.91 Å². The second-order valence-corrected chi connectivity index (χ2v) is 4.49. The number of nitrogens with zero attached hydrogens (tertiary/aromatic N) is 1. The van der Waals surface area contributed by atoms with Crippen molar-refractivity contribution in [1.82, 2.24) is 4.90 Å². The summed E-state index contributed by atoms with van der Waals surface area (Å²) in [6.07, 6.45) is 9.17. The molecule has 2 nitrogen and oxygen atoms in total. The molecule has 1 aliphatic heterocycles. The van der Waals surface area contributed by atoms with E-state index in [4.69, 9.17) is 0 Å². The standard InChI is InChI=1S/C12H19NO/c1-2-12(14)13-9-5-7-10-6-3-4-8-11(10)13/h2,10-11H,1,3-9H2. The summed E-state index contributed by atoms with van der Waals surface area (Å²) in [6, 6.07) is 0.531. The Kier molecular flexibility index (Phi) is 2.90. The number of piperidine rings is 1. The van der Waals surface area contributed by atoms with Gasteiger partial charge in [-0.05, 0) is 37.7 Å². The van der Waals surface area contributed by atoms with Gasteiger partial charge in [-0.2, -0.15) is 0 Å². The van der Waals surface area contributed by atoms with Gasteiger partial charge in [0.1, 0.15) is 0 Å². The van der Waals surface area contributed by atoms with E-state index in [1.807, 2.05) is 0 Å². The van der Waals surface area contributed by atoms with Crippen LogP contribution < -0.4 is 0 Å². The molecule has 2 fully saturated rings. The van der Waals surface area contributed by atoms with Crippen LogP contribution in [0.4, 0.5) is 0 Å². The van der Waals surface area contributed by atoms with E-state index < -0.39 is 0 Å². The van der Waals surface area contributed by atoms with E-state index in [0.717, 1.165) is 12.5 Å². The van der Waals surface area contributed by atoms with Crippen LogP contribution in [0.1, 0.15) is 38.5 Å². The zero-order chi connectivity index (χ0) is 9.97. The quantitative estimate of drug-likeness (QED) is 0.585. The first kappa shape index (κ1) is 9.75. The molecule has 2 unspecified atom stereocenters. The summed E-state index contributed by atoms with van der Waals surface area (Å²) < 4.78 is 0. The molecule has 0 aromatic rings. The van der Waals surface area contributed by atoms with Gasteiger partial charge in [-0.25, -0.2) is 0 Å². The lowest BCUT2D eigenvalue weighted by atomic mass is 9.78. The maximum Gasteiger partial charge on any atom is 0.246 e. The highest BCUT2D eigenvalue weighted by atomic mass is 16.2. The van der Waals surface area contributed by atoms with E-state index >= 15 is 0 Å². The molecule has 14 heavy (non-hydrogen) atoms. The van der Waals surface area contributed by atoms with Gasteiger partial charge in [0.05, 0.1) is 0 Å². The average Bonchev–Trinajstić information content (AvgIpc) is 2.27. The Morgan fingerprint density at radius 3 is 2.71 bits per heavy atom. The van der Waals surface area contributed by atoms with E-state index in [1.54, 1.807) is 0 Å². The van der Waals surface area contributed by atoms with E-state index in [0.29, 0.717) is 6.04 Å². The molecule has 1 heterocycles. The van der Waals surface area contributed by atoms with Crippen LogP contribution in [0.15, 0.2) is 12.7 Å². The molecule has 0 aromatic heterocycles. The number of rotatable bonds is 1. The maximum absolute atomic E-state index is 11.6. The largest absolute Gasteiger partial charge is 0.336 e. The van der Waals surface area contributed by atoms with Crippen LogP contribution >= 0.6 is 0 Å². The van der Waals surface area contributed by atoms with Gasteiger partial charge in [-0.1, -0.05) is 19.4 Å². The third-order valence-corrected chi connectivity index (χ3v) is 3.70. The van der Waals surface area contributed by atoms with E-state index in [1.165, 1.54) is 44.6 Å². The van der Waals surface area contributed by atoms with Crippen molar-refractivity contribution >= 4 is 5.91 Å². The van der Waals surface area contributed by atoms with E-state index in [-0.39, 0.29) is 5.91 Å². The second-order valence-electron chi connectivity index (χ2n) is 4.49. The Balaban J connectivity index is 2.08. The zero-order valence-electron chi connectivity index (χ0n) is 8.74. The Labute approximate surface area is 86.0 Å². The molecule has 1 saturated carbocycles. The lowest BCUT2D eigenvalue weighted by Gasteiger charge is -2.43. The molecule has 1 saturated heterocycles. The molecular weight excluding hydrogens is 174 g/mol. The molecule has 0 aromatic carbocycles. The van der Waals surface area contributed by atoms with Gasteiger partial charge in [0.25, 0.3) is 0 Å². The molecule has 2 atom stereocenters. The van der Waals surface area contributed by atoms with Crippen molar-refractivity contribution in [3.63, 3.8) is 0 Å². The summed E-state index contributed by atoms with van der Waals surface area (Å²) in [5.41, 5.74) is 0. The van der Waals surface area contributed by atoms with Crippen molar-refractivity contribution in [3.8, 4) is 0 Å². The van der Waals surface area contributed by atoms with Crippen LogP contribution in [0.3, 0.4) is 0 Å². The number of fused-ring (bicyclic) bond motifs is 1. The third kappa shape index (κ3) is 1.70. The van der Waals surface area contributed by atoms with Crippen molar-refractivity contribution in [1.29, 1.82) is 0 Å². The first-order valence-electron chi connectivity index (χ1n) is 5.76. The monoisotopic (exact) mass is 193 g/mol. The van der Waals surface area contributed by atoms with E-state index in [9.17, 15) is 4.79 Å². The zero-order valence-corrected chi connectivity index (χ0v) is 8.74. The number of carbonyl (C=O) groups is 1. The molecule has 2 aliphatic rings. The molecule has 78 valence electrons. The van der Waals surface area contributed by atoms with Gasteiger partial charge in [-0.15, -0.1) is 0 Å². The molecule has 0 bridgehead atoms. The van der Waals surface area contributed by atoms with Crippen LogP contribution in [0.25, 0.3) is 0 Å². The molecule has 1 amide bonds. The van der Waals surface area contributed by atoms with Crippen molar-refractivity contribution < 1.29 is 4.79 Å². The summed E-state index contributed by atoms with van der Waals surface area (Å²) in [5, 5.41) is 0. The number of carbonyl (C=O) groups excluding carboxylic acids is 1. The molecule has 2 rings (SSSR count). The summed E-state index contributed by atoms with van der Waals surface area (Å²) in [5.74, 6) is 0.919. The maximum atomic E-state index is 11.6. The molecule has 0 radical (unpaired) electrons. The fraction of sp³-hybridized carbons (Fsp3) is 0.750. The van der Waals surface area contributed by atoms with Gasteiger partial charge in [-0.3, -0.25) is 4.79 Å². The minimum absolute atomic E-state index is 0.140. The smallest absolute Gasteiger partial charge is 0.246 e. The molecule has 2 heteroatoms. The fourth-order valence-corrected chi connectivity index (χ4v) is 3.02. The van der Waals surface area contributed by atoms with Gasteiger partial charge < -0.3 is 4.90 Å². The van der Waals surface area contributed by atoms with Crippen LogP contribution in [-0.4, -0.2) is 23.4 Å². The number of hydrogen-bond donors (Lipinski definition) is 0. The average molecular weight is 193 g/mol. The summed E-state index contributed by atoms with van der Waals surface area (Å²) in [4.78, 5) is 13.7. The Bertz CT molecular complexity index is 234. The highest BCUT2D eigenvalue weighted by Crippen LogP contribution is 2.35. The summed E-state index contributed by atoms with van der Waals surface area (Å²) in [7, 11) is 0. The number of amides is 1. The number of hydrogen-bond acceptors (Lipinski definition) is 1. The highest BCUT2D eigenvalue weighted by Gasteiger charge is 2.34. The first-order chi connectivity index (χ1) is 6.83. The lowest BCUT2D eigenvalue weighted by Crippen LogP contribution is -2.49. The van der Waals surface area contributed by atoms with Crippen molar-refractivity contribution in [3.05, 3.63) is 12.7 Å². The van der Waals surface area contributed by atoms with Crippen molar-refractivity contribution in [2.75, 3.05) is 6.54 Å². The minimum Gasteiger partial charge on any atom is -0.336 e. The molecule has 1 aliphatic carbocycles. The molecule has 0 N–H and O–H groups in total. The SMILES string of the molecule is C=CC(=O)N1CCCC2CCCCC21. The second kappa shape index (κ2) is 4.16. The molecular formula is C12H19NO. The Hall–Kier alpha value is -0.790. The Morgan fingerprint density at radius 1 is 1.21 bits per heavy atom. The van der Waals surface area contributed by atoms with Crippen LogP contribution in [0.2, 0.25) is 0 Å². The van der Waals surface area contributed by atoms with Crippen LogP contribution in [0.5, 0.6) is 0 Å². The van der Waals surface area contributed by atoms with Crippen molar-refractivity contribution in [2.45, 2.75) is 44.6 Å². The minimum atomic E-state index is 0.140. The lowest BCUT2D eigenvalue weighted by molar-refractivity contribution is -0.132.